The van der Waals surface area contributed by atoms with Gasteiger partial charge in [-0.3, -0.25) is 0 Å². The number of hydrogen-bond donors (Lipinski definition) is 0. The Kier molecular flexibility index (Phi) is 31.8. The largest absolute Gasteiger partial charge is 2.00 e. The van der Waals surface area contributed by atoms with Crippen LogP contribution >= 0.6 is 0 Å². The maximum Gasteiger partial charge on any atom is 2.00 e. The van der Waals surface area contributed by atoms with Crippen LogP contribution in [0.3, 0.4) is 0 Å². The SMILES string of the molecule is CCCCCCCCCc1cc(S(=O)(=O)[O-])c2cccc(CCCCCCCCC)c2c1.CCCCCCCCCc1cc(S(=O)(=O)[O-])c2cccc(CCCCCCCCC)c2c1.[Ca+2]. The van der Waals surface area contributed by atoms with Gasteiger partial charge < -0.3 is 9.11 Å². The van der Waals surface area contributed by atoms with E-state index in [9.17, 15) is 25.9 Å². The third-order valence-corrected chi connectivity index (χ3v) is 14.7. The van der Waals surface area contributed by atoms with E-state index in [4.69, 9.17) is 0 Å². The molecule has 0 N–H and O–H groups in total. The maximum atomic E-state index is 12.0. The minimum absolute atomic E-state index is 0. The molecule has 0 spiro atoms. The number of aryl methyl sites for hydroxylation is 4. The van der Waals surface area contributed by atoms with Gasteiger partial charge in [-0.1, -0.05) is 230 Å². The first-order valence-corrected chi connectivity index (χ1v) is 28.8. The number of fused-ring (bicyclic) bond motifs is 2. The molecule has 0 saturated carbocycles. The Morgan fingerprint density at radius 1 is 0.338 bits per heavy atom. The van der Waals surface area contributed by atoms with Crippen LogP contribution in [0.4, 0.5) is 0 Å². The van der Waals surface area contributed by atoms with Crippen LogP contribution in [-0.4, -0.2) is 63.7 Å². The van der Waals surface area contributed by atoms with Gasteiger partial charge in [0, 0.05) is 0 Å². The van der Waals surface area contributed by atoms with Gasteiger partial charge in [0.25, 0.3) is 0 Å². The van der Waals surface area contributed by atoms with Crippen molar-refractivity contribution in [3.05, 3.63) is 82.9 Å². The van der Waals surface area contributed by atoms with E-state index in [2.05, 4.69) is 52.0 Å². The van der Waals surface area contributed by atoms with Gasteiger partial charge in [0.05, 0.1) is 9.79 Å². The molecule has 360 valence electrons. The molecule has 0 fully saturated rings. The van der Waals surface area contributed by atoms with E-state index in [1.165, 1.54) is 152 Å². The van der Waals surface area contributed by atoms with E-state index >= 15 is 0 Å². The van der Waals surface area contributed by atoms with Gasteiger partial charge in [-0.2, -0.15) is 0 Å². The van der Waals surface area contributed by atoms with Crippen LogP contribution in [0.1, 0.15) is 230 Å². The first kappa shape index (κ1) is 59.6. The normalized spacial score (nSPS) is 11.8. The first-order valence-electron chi connectivity index (χ1n) is 25.9. The summed E-state index contributed by atoms with van der Waals surface area (Å²) in [7, 11) is -9.00. The third kappa shape index (κ3) is 23.6. The van der Waals surface area contributed by atoms with Crippen molar-refractivity contribution in [3.8, 4) is 0 Å². The summed E-state index contributed by atoms with van der Waals surface area (Å²) < 4.78 is 72.1. The molecule has 0 radical (unpaired) electrons. The standard InChI is InChI=1S/2C28H44O3S.Ca/c2*1-3-5-7-9-11-13-15-18-24-22-27-25(19-16-14-12-10-8-6-4-2)20-17-21-26(27)28(23-24)32(29,30)31;/h2*17,20-23H,3-16,18-19H2,1-2H3,(H,29,30,31);/q;;+2/p-2. The Morgan fingerprint density at radius 3 is 0.877 bits per heavy atom. The van der Waals surface area contributed by atoms with Crippen LogP contribution in [0.25, 0.3) is 21.5 Å². The topological polar surface area (TPSA) is 114 Å². The quantitative estimate of drug-likeness (QED) is 0.0262. The Bertz CT molecular complexity index is 1960. The van der Waals surface area contributed by atoms with Gasteiger partial charge >= 0.3 is 37.7 Å². The molecule has 0 aliphatic heterocycles. The maximum absolute atomic E-state index is 12.0. The van der Waals surface area contributed by atoms with Crippen LogP contribution in [0.15, 0.2) is 70.5 Å². The molecule has 0 amide bonds. The van der Waals surface area contributed by atoms with Gasteiger partial charge in [0.15, 0.2) is 0 Å². The third-order valence-electron chi connectivity index (χ3n) is 13.0. The summed E-state index contributed by atoms with van der Waals surface area (Å²) in [6.07, 6.45) is 38.1. The minimum Gasteiger partial charge on any atom is -0.744 e. The molecule has 4 aromatic rings. The van der Waals surface area contributed by atoms with Gasteiger partial charge in [0.1, 0.15) is 20.2 Å². The van der Waals surface area contributed by atoms with Crippen LogP contribution < -0.4 is 0 Å². The van der Waals surface area contributed by atoms with Gasteiger partial charge in [-0.25, -0.2) is 16.8 Å². The summed E-state index contributed by atoms with van der Waals surface area (Å²) in [4.78, 5) is -0.0938. The number of benzene rings is 4. The second kappa shape index (κ2) is 34.7. The zero-order valence-corrected chi connectivity index (χ0v) is 45.2. The number of rotatable bonds is 34. The predicted octanol–water partition coefficient (Wildman–Crippen LogP) is 16.3. The van der Waals surface area contributed by atoms with Crippen LogP contribution in [0.5, 0.6) is 0 Å². The van der Waals surface area contributed by atoms with Crippen LogP contribution in [0.2, 0.25) is 0 Å². The summed E-state index contributed by atoms with van der Waals surface area (Å²) in [5, 5.41) is 3.08. The van der Waals surface area contributed by atoms with E-state index < -0.39 is 20.2 Å². The second-order valence-corrected chi connectivity index (χ2v) is 21.3. The molecule has 0 saturated heterocycles. The molecule has 9 heteroatoms. The summed E-state index contributed by atoms with van der Waals surface area (Å²) in [6.45, 7) is 8.92. The van der Waals surface area contributed by atoms with E-state index in [0.717, 1.165) is 86.1 Å². The van der Waals surface area contributed by atoms with Crippen LogP contribution in [-0.2, 0) is 45.9 Å². The summed E-state index contributed by atoms with van der Waals surface area (Å²) in [6, 6.07) is 19.1. The fourth-order valence-corrected chi connectivity index (χ4v) is 10.7. The first-order chi connectivity index (χ1) is 30.9. The molecule has 0 unspecified atom stereocenters. The molecule has 0 aliphatic carbocycles. The molecule has 0 aromatic heterocycles. The minimum atomic E-state index is -4.50. The number of unbranched alkanes of at least 4 members (excludes halogenated alkanes) is 24. The molecule has 4 aromatic carbocycles. The zero-order chi connectivity index (χ0) is 46.5. The zero-order valence-electron chi connectivity index (χ0n) is 41.4. The van der Waals surface area contributed by atoms with Crippen molar-refractivity contribution < 1.29 is 25.9 Å². The summed E-state index contributed by atoms with van der Waals surface area (Å²) >= 11 is 0. The Hall–Kier alpha value is -1.52. The second-order valence-electron chi connectivity index (χ2n) is 18.6. The number of hydrogen-bond acceptors (Lipinski definition) is 6. The van der Waals surface area contributed by atoms with Gasteiger partial charge in [-0.15, -0.1) is 0 Å². The van der Waals surface area contributed by atoms with Crippen molar-refractivity contribution in [2.24, 2.45) is 0 Å². The van der Waals surface area contributed by atoms with Crippen molar-refractivity contribution in [1.29, 1.82) is 0 Å². The Balaban J connectivity index is 0.000000440. The monoisotopic (exact) mass is 959 g/mol. The fraction of sp³-hybridized carbons (Fsp3) is 0.643. The molecular formula is C56H86CaO6S2. The van der Waals surface area contributed by atoms with Gasteiger partial charge in [-0.05, 0) is 107 Å². The average Bonchev–Trinajstić information content (AvgIpc) is 3.27. The Labute approximate surface area is 427 Å². The molecular weight excluding hydrogens is 873 g/mol. The van der Waals surface area contributed by atoms with Crippen LogP contribution in [0, 0.1) is 0 Å². The van der Waals surface area contributed by atoms with Crippen molar-refractivity contribution in [2.45, 2.75) is 243 Å². The summed E-state index contributed by atoms with van der Waals surface area (Å²) in [5.41, 5.74) is 4.30. The van der Waals surface area contributed by atoms with Crippen molar-refractivity contribution >= 4 is 79.5 Å². The van der Waals surface area contributed by atoms with Gasteiger partial charge in [0.2, 0.25) is 0 Å². The molecule has 0 heterocycles. The molecule has 0 atom stereocenters. The Morgan fingerprint density at radius 2 is 0.600 bits per heavy atom. The van der Waals surface area contributed by atoms with E-state index in [0.29, 0.717) is 10.8 Å². The van der Waals surface area contributed by atoms with Crippen molar-refractivity contribution in [2.75, 3.05) is 0 Å². The fourth-order valence-electron chi connectivity index (χ4n) is 9.20. The predicted molar refractivity (Wildman–Crippen MR) is 276 cm³/mol. The smallest absolute Gasteiger partial charge is 0.744 e. The summed E-state index contributed by atoms with van der Waals surface area (Å²) in [5.74, 6) is 0. The molecule has 6 nitrogen and oxygen atoms in total. The van der Waals surface area contributed by atoms with E-state index in [1.807, 2.05) is 12.1 Å². The molecule has 0 bridgehead atoms. The van der Waals surface area contributed by atoms with Crippen molar-refractivity contribution in [3.63, 3.8) is 0 Å². The molecule has 65 heavy (non-hydrogen) atoms. The van der Waals surface area contributed by atoms with E-state index in [1.54, 1.807) is 24.3 Å². The molecule has 4 rings (SSSR count). The van der Waals surface area contributed by atoms with Crippen molar-refractivity contribution in [1.82, 2.24) is 0 Å². The van der Waals surface area contributed by atoms with E-state index in [-0.39, 0.29) is 47.5 Å². The molecule has 0 aliphatic rings. The average molecular weight is 960 g/mol.